The predicted octanol–water partition coefficient (Wildman–Crippen LogP) is 3.12. The Kier molecular flexibility index (Phi) is 5.16. The number of hydrogen-bond donors (Lipinski definition) is 0. The monoisotopic (exact) mass is 313 g/mol. The fraction of sp³-hybridized carbons (Fsp3) is 0.278. The minimum atomic E-state index is -2.12. The summed E-state index contributed by atoms with van der Waals surface area (Å²) in [6.07, 6.45) is 0.376. The molecule has 22 heavy (non-hydrogen) atoms. The molecule has 0 fully saturated rings. The van der Waals surface area contributed by atoms with Crippen molar-refractivity contribution in [2.45, 2.75) is 19.2 Å². The predicted molar refractivity (Wildman–Crippen MR) is 94.2 cm³/mol. The Morgan fingerprint density at radius 2 is 1.59 bits per heavy atom. The fourth-order valence-corrected chi connectivity index (χ4v) is 4.32. The Labute approximate surface area is 133 Å². The molecule has 2 aromatic rings. The minimum absolute atomic E-state index is 0.516. The van der Waals surface area contributed by atoms with Crippen LogP contribution in [0.3, 0.4) is 0 Å². The highest BCUT2D eigenvalue weighted by atomic mass is 28.4. The summed E-state index contributed by atoms with van der Waals surface area (Å²) in [5.41, 5.74) is 2.00. The maximum absolute atomic E-state index is 11.5. The summed E-state index contributed by atoms with van der Waals surface area (Å²) in [7, 11) is 1.87. The molecule has 0 spiro atoms. The lowest BCUT2D eigenvalue weighted by molar-refractivity contribution is -0.114. The van der Waals surface area contributed by atoms with E-state index in [1.165, 1.54) is 5.19 Å². The van der Waals surface area contributed by atoms with Crippen molar-refractivity contribution in [1.29, 1.82) is 0 Å². The van der Waals surface area contributed by atoms with E-state index < -0.39 is 14.4 Å². The molecule has 0 saturated heterocycles. The van der Waals surface area contributed by atoms with E-state index in [2.05, 4.69) is 25.2 Å². The second kappa shape index (κ2) is 6.90. The van der Waals surface area contributed by atoms with Crippen LogP contribution in [0.5, 0.6) is 0 Å². The summed E-state index contributed by atoms with van der Waals surface area (Å²) in [6.45, 7) is 4.24. The zero-order valence-electron chi connectivity index (χ0n) is 13.6. The van der Waals surface area contributed by atoms with Crippen molar-refractivity contribution >= 4 is 25.5 Å². The number of rotatable bonds is 6. The molecule has 2 aromatic carbocycles. The summed E-state index contributed by atoms with van der Waals surface area (Å²) < 4.78 is 6.22. The van der Waals surface area contributed by atoms with Crippen molar-refractivity contribution in [1.82, 2.24) is 0 Å². The number of benzene rings is 2. The van der Waals surface area contributed by atoms with E-state index in [0.717, 1.165) is 17.5 Å². The standard InChI is InChI=1S/C18H23NO2Si/c1-19(2)16-12-10-15(11-13-16)18(14-20)21-22(3,4)17-8-6-5-7-9-17/h5-14,18H,1-4H3. The van der Waals surface area contributed by atoms with Gasteiger partial charge in [-0.25, -0.2) is 0 Å². The van der Waals surface area contributed by atoms with Crippen molar-refractivity contribution in [3.63, 3.8) is 0 Å². The van der Waals surface area contributed by atoms with Gasteiger partial charge in [-0.3, -0.25) is 0 Å². The van der Waals surface area contributed by atoms with Crippen molar-refractivity contribution < 1.29 is 9.22 Å². The minimum Gasteiger partial charge on any atom is -0.399 e. The molecule has 1 atom stereocenters. The molecule has 2 rings (SSSR count). The van der Waals surface area contributed by atoms with Crippen LogP contribution in [0.2, 0.25) is 13.1 Å². The smallest absolute Gasteiger partial charge is 0.219 e. The highest BCUT2D eigenvalue weighted by Gasteiger charge is 2.29. The van der Waals surface area contributed by atoms with E-state index >= 15 is 0 Å². The van der Waals surface area contributed by atoms with Gasteiger partial charge in [0.1, 0.15) is 6.10 Å². The van der Waals surface area contributed by atoms with Crippen LogP contribution in [0.1, 0.15) is 11.7 Å². The summed E-state index contributed by atoms with van der Waals surface area (Å²) in [6, 6.07) is 18.1. The van der Waals surface area contributed by atoms with Crippen LogP contribution in [0, 0.1) is 0 Å². The number of nitrogens with zero attached hydrogens (tertiary/aromatic N) is 1. The number of hydrogen-bond acceptors (Lipinski definition) is 3. The third kappa shape index (κ3) is 3.84. The van der Waals surface area contributed by atoms with Gasteiger partial charge in [-0.1, -0.05) is 42.5 Å². The topological polar surface area (TPSA) is 29.5 Å². The zero-order chi connectivity index (χ0) is 16.2. The maximum Gasteiger partial charge on any atom is 0.219 e. The number of carbonyl (C=O) groups is 1. The van der Waals surface area contributed by atoms with Crippen LogP contribution < -0.4 is 10.1 Å². The summed E-state index contributed by atoms with van der Waals surface area (Å²) in [5.74, 6) is 0. The number of aldehydes is 1. The van der Waals surface area contributed by atoms with Crippen LogP contribution in [0.25, 0.3) is 0 Å². The van der Waals surface area contributed by atoms with Crippen molar-refractivity contribution in [2.24, 2.45) is 0 Å². The molecule has 116 valence electrons. The lowest BCUT2D eigenvalue weighted by Crippen LogP contribution is -2.45. The normalized spacial score (nSPS) is 12.7. The van der Waals surface area contributed by atoms with Gasteiger partial charge in [0.05, 0.1) is 0 Å². The molecule has 3 nitrogen and oxygen atoms in total. The van der Waals surface area contributed by atoms with Crippen LogP contribution in [-0.4, -0.2) is 28.7 Å². The average molecular weight is 313 g/mol. The molecular weight excluding hydrogens is 290 g/mol. The van der Waals surface area contributed by atoms with Gasteiger partial charge in [-0.2, -0.15) is 0 Å². The first-order valence-corrected chi connectivity index (χ1v) is 10.3. The van der Waals surface area contributed by atoms with Gasteiger partial charge >= 0.3 is 0 Å². The van der Waals surface area contributed by atoms with E-state index in [1.807, 2.05) is 61.5 Å². The number of anilines is 1. The van der Waals surface area contributed by atoms with Gasteiger partial charge in [0, 0.05) is 19.8 Å². The molecule has 0 bridgehead atoms. The first-order chi connectivity index (χ1) is 10.4. The molecule has 0 aromatic heterocycles. The first kappa shape index (κ1) is 16.5. The lowest BCUT2D eigenvalue weighted by atomic mass is 10.1. The maximum atomic E-state index is 11.5. The van der Waals surface area contributed by atoms with Crippen LogP contribution in [0.4, 0.5) is 5.69 Å². The molecule has 0 heterocycles. The number of carbonyl (C=O) groups excluding carboxylic acids is 1. The third-order valence-corrected chi connectivity index (χ3v) is 6.32. The molecule has 0 aliphatic heterocycles. The highest BCUT2D eigenvalue weighted by Crippen LogP contribution is 2.23. The Morgan fingerprint density at radius 1 is 1.00 bits per heavy atom. The molecule has 4 heteroatoms. The largest absolute Gasteiger partial charge is 0.399 e. The fourth-order valence-electron chi connectivity index (χ4n) is 2.36. The zero-order valence-corrected chi connectivity index (χ0v) is 14.6. The van der Waals surface area contributed by atoms with Crippen LogP contribution >= 0.6 is 0 Å². The van der Waals surface area contributed by atoms with Gasteiger partial charge < -0.3 is 14.1 Å². The van der Waals surface area contributed by atoms with E-state index in [9.17, 15) is 4.79 Å². The Bertz CT molecular complexity index is 609. The molecular formula is C18H23NO2Si. The van der Waals surface area contributed by atoms with Gasteiger partial charge in [0.2, 0.25) is 8.32 Å². The molecule has 0 aliphatic rings. The third-order valence-electron chi connectivity index (χ3n) is 3.75. The molecule has 1 unspecified atom stereocenters. The van der Waals surface area contributed by atoms with Crippen molar-refractivity contribution in [3.8, 4) is 0 Å². The van der Waals surface area contributed by atoms with Gasteiger partial charge in [0.25, 0.3) is 0 Å². The van der Waals surface area contributed by atoms with E-state index in [-0.39, 0.29) is 0 Å². The van der Waals surface area contributed by atoms with Gasteiger partial charge in [-0.05, 0) is 36.0 Å². The van der Waals surface area contributed by atoms with Crippen molar-refractivity contribution in [2.75, 3.05) is 19.0 Å². The summed E-state index contributed by atoms with van der Waals surface area (Å²) in [5, 5.41) is 1.19. The average Bonchev–Trinajstić information content (AvgIpc) is 2.53. The van der Waals surface area contributed by atoms with E-state index in [4.69, 9.17) is 4.43 Å². The Hall–Kier alpha value is -1.91. The van der Waals surface area contributed by atoms with Gasteiger partial charge in [-0.15, -0.1) is 0 Å². The Morgan fingerprint density at radius 3 is 2.09 bits per heavy atom. The summed E-state index contributed by atoms with van der Waals surface area (Å²) in [4.78, 5) is 13.6. The molecule has 0 saturated carbocycles. The van der Waals surface area contributed by atoms with E-state index in [0.29, 0.717) is 0 Å². The van der Waals surface area contributed by atoms with Gasteiger partial charge in [0.15, 0.2) is 6.29 Å². The second-order valence-corrected chi connectivity index (χ2v) is 9.87. The SMILES string of the molecule is CN(C)c1ccc(C(C=O)O[Si](C)(C)c2ccccc2)cc1. The molecule has 0 aliphatic carbocycles. The summed E-state index contributed by atoms with van der Waals surface area (Å²) >= 11 is 0. The molecule has 0 N–H and O–H groups in total. The Balaban J connectivity index is 2.20. The van der Waals surface area contributed by atoms with Crippen LogP contribution in [0.15, 0.2) is 54.6 Å². The second-order valence-electron chi connectivity index (χ2n) is 6.04. The lowest BCUT2D eigenvalue weighted by Gasteiger charge is -2.27. The quantitative estimate of drug-likeness (QED) is 0.606. The molecule has 0 radical (unpaired) electrons. The first-order valence-electron chi connectivity index (χ1n) is 7.40. The van der Waals surface area contributed by atoms with E-state index in [1.54, 1.807) is 0 Å². The van der Waals surface area contributed by atoms with Crippen LogP contribution in [-0.2, 0) is 9.22 Å². The highest BCUT2D eigenvalue weighted by molar-refractivity contribution is 6.84. The van der Waals surface area contributed by atoms with Crippen molar-refractivity contribution in [3.05, 3.63) is 60.2 Å². The molecule has 0 amide bonds.